The fraction of sp³-hybridized carbons (Fsp3) is 0.545. The van der Waals surface area contributed by atoms with Crippen molar-refractivity contribution in [1.82, 2.24) is 15.6 Å². The Morgan fingerprint density at radius 1 is 1.53 bits per heavy atom. The number of nitrogens with two attached hydrogens (primary N) is 1. The van der Waals surface area contributed by atoms with Gasteiger partial charge >= 0.3 is 0 Å². The normalized spacial score (nSPS) is 11.8. The molecule has 2 amide bonds. The van der Waals surface area contributed by atoms with Gasteiger partial charge in [-0.2, -0.15) is 0 Å². The van der Waals surface area contributed by atoms with Crippen LogP contribution in [0.3, 0.4) is 0 Å². The van der Waals surface area contributed by atoms with Crippen LogP contribution in [0.4, 0.5) is 10.9 Å². The van der Waals surface area contributed by atoms with Crippen molar-refractivity contribution in [3.63, 3.8) is 0 Å². The number of nitrogens with one attached hydrogen (secondary N) is 2. The van der Waals surface area contributed by atoms with Crippen molar-refractivity contribution in [3.8, 4) is 0 Å². The van der Waals surface area contributed by atoms with E-state index in [0.29, 0.717) is 10.0 Å². The smallest absolute Gasteiger partial charge is 0.265 e. The Balaban J connectivity index is 2.83. The van der Waals surface area contributed by atoms with Crippen LogP contribution in [0.5, 0.6) is 0 Å². The fourth-order valence-electron chi connectivity index (χ4n) is 1.33. The van der Waals surface area contributed by atoms with Gasteiger partial charge in [-0.05, 0) is 13.8 Å². The van der Waals surface area contributed by atoms with E-state index in [1.807, 2.05) is 18.9 Å². The summed E-state index contributed by atoms with van der Waals surface area (Å²) >= 11 is 1.21. The van der Waals surface area contributed by atoms with Crippen LogP contribution in [0, 0.1) is 0 Å². The summed E-state index contributed by atoms with van der Waals surface area (Å²) in [5, 5.41) is 5.72. The van der Waals surface area contributed by atoms with Gasteiger partial charge in [0.15, 0.2) is 5.13 Å². The highest BCUT2D eigenvalue weighted by molar-refractivity contribution is 7.18. The van der Waals surface area contributed by atoms with Crippen LogP contribution >= 0.6 is 11.3 Å². The van der Waals surface area contributed by atoms with E-state index in [9.17, 15) is 9.59 Å². The second-order valence-electron chi connectivity index (χ2n) is 4.03. The Morgan fingerprint density at radius 3 is 2.68 bits per heavy atom. The number of carbonyl (C=O) groups excluding carboxylic acids is 2. The topological polar surface area (TPSA) is 100 Å². The van der Waals surface area contributed by atoms with Gasteiger partial charge in [-0.3, -0.25) is 9.59 Å². The van der Waals surface area contributed by atoms with Crippen molar-refractivity contribution < 1.29 is 9.59 Å². The van der Waals surface area contributed by atoms with Crippen molar-refractivity contribution in [2.45, 2.75) is 19.9 Å². The molecule has 1 aromatic rings. The molecule has 0 saturated carbocycles. The van der Waals surface area contributed by atoms with Crippen LogP contribution in [0.2, 0.25) is 0 Å². The quantitative estimate of drug-likeness (QED) is 0.709. The molecule has 0 saturated heterocycles. The highest BCUT2D eigenvalue weighted by Crippen LogP contribution is 2.27. The summed E-state index contributed by atoms with van der Waals surface area (Å²) in [5.41, 5.74) is 5.73. The monoisotopic (exact) mass is 285 g/mol. The molecular formula is C11H19N5O2S. The molecule has 7 nitrogen and oxygen atoms in total. The van der Waals surface area contributed by atoms with Gasteiger partial charge < -0.3 is 21.3 Å². The summed E-state index contributed by atoms with van der Waals surface area (Å²) in [6, 6.07) is -0.619. The lowest BCUT2D eigenvalue weighted by Gasteiger charge is -2.12. The fourth-order valence-corrected chi connectivity index (χ4v) is 2.24. The molecule has 1 heterocycles. The Labute approximate surface area is 116 Å². The first kappa shape index (κ1) is 15.2. The summed E-state index contributed by atoms with van der Waals surface area (Å²) in [6.07, 6.45) is 0. The number of rotatable bonds is 5. The van der Waals surface area contributed by atoms with E-state index >= 15 is 0 Å². The maximum absolute atomic E-state index is 12.0. The maximum Gasteiger partial charge on any atom is 0.265 e. The molecule has 1 unspecified atom stereocenters. The molecule has 1 atom stereocenters. The Hall–Kier alpha value is -1.83. The Kier molecular flexibility index (Phi) is 5.11. The van der Waals surface area contributed by atoms with Gasteiger partial charge in [-0.15, -0.1) is 0 Å². The minimum absolute atomic E-state index is 0.182. The van der Waals surface area contributed by atoms with E-state index in [1.165, 1.54) is 18.4 Å². The van der Waals surface area contributed by atoms with E-state index in [2.05, 4.69) is 15.6 Å². The lowest BCUT2D eigenvalue weighted by atomic mass is 10.3. The maximum atomic E-state index is 12.0. The molecule has 0 aliphatic carbocycles. The van der Waals surface area contributed by atoms with Crippen molar-refractivity contribution in [3.05, 3.63) is 4.88 Å². The average Bonchev–Trinajstić information content (AvgIpc) is 2.78. The van der Waals surface area contributed by atoms with Crippen LogP contribution in [0.1, 0.15) is 23.5 Å². The molecular weight excluding hydrogens is 266 g/mol. The lowest BCUT2D eigenvalue weighted by Crippen LogP contribution is -2.43. The summed E-state index contributed by atoms with van der Waals surface area (Å²) < 4.78 is 0. The largest absolute Gasteiger partial charge is 0.382 e. The zero-order valence-electron chi connectivity index (χ0n) is 11.5. The van der Waals surface area contributed by atoms with Crippen LogP contribution in [-0.4, -0.2) is 43.5 Å². The van der Waals surface area contributed by atoms with Crippen molar-refractivity contribution in [2.75, 3.05) is 31.3 Å². The second-order valence-corrected chi connectivity index (χ2v) is 5.01. The summed E-state index contributed by atoms with van der Waals surface area (Å²) in [6.45, 7) is 4.35. The zero-order valence-corrected chi connectivity index (χ0v) is 12.3. The summed E-state index contributed by atoms with van der Waals surface area (Å²) in [7, 11) is 3.38. The number of nitrogens with zero attached hydrogens (tertiary/aromatic N) is 2. The summed E-state index contributed by atoms with van der Waals surface area (Å²) in [4.78, 5) is 29.7. The Bertz CT molecular complexity index is 474. The third-order valence-electron chi connectivity index (χ3n) is 2.64. The number of carbonyl (C=O) groups is 2. The molecule has 19 heavy (non-hydrogen) atoms. The van der Waals surface area contributed by atoms with Crippen LogP contribution < -0.4 is 21.3 Å². The minimum atomic E-state index is -0.619. The highest BCUT2D eigenvalue weighted by Gasteiger charge is 2.21. The zero-order chi connectivity index (χ0) is 14.6. The van der Waals surface area contributed by atoms with Gasteiger partial charge in [0.25, 0.3) is 5.91 Å². The molecule has 1 aromatic heterocycles. The predicted octanol–water partition coefficient (Wildman–Crippen LogP) is 0.0457. The molecule has 0 spiro atoms. The molecule has 0 radical (unpaired) electrons. The van der Waals surface area contributed by atoms with E-state index in [1.54, 1.807) is 6.92 Å². The number of aromatic nitrogens is 1. The number of amides is 2. The number of hydrogen-bond donors (Lipinski definition) is 3. The first-order valence-corrected chi connectivity index (χ1v) is 6.72. The number of anilines is 2. The Morgan fingerprint density at radius 2 is 2.16 bits per heavy atom. The van der Waals surface area contributed by atoms with Crippen molar-refractivity contribution in [1.29, 1.82) is 0 Å². The number of hydrogen-bond acceptors (Lipinski definition) is 6. The molecule has 1 rings (SSSR count). The molecule has 0 bridgehead atoms. The van der Waals surface area contributed by atoms with Gasteiger partial charge in [0, 0.05) is 20.6 Å². The van der Waals surface area contributed by atoms with Crippen LogP contribution in [0.15, 0.2) is 0 Å². The standard InChI is InChI=1S/C11H19N5O2S/c1-5-16(4)11-15-8(12)7(19-11)10(18)14-6(2)9(17)13-3/h6H,5,12H2,1-4H3,(H,13,17)(H,14,18). The third kappa shape index (κ3) is 3.57. The summed E-state index contributed by atoms with van der Waals surface area (Å²) in [5.74, 6) is -0.467. The highest BCUT2D eigenvalue weighted by atomic mass is 32.1. The minimum Gasteiger partial charge on any atom is -0.382 e. The van der Waals surface area contributed by atoms with Gasteiger partial charge in [-0.25, -0.2) is 4.98 Å². The van der Waals surface area contributed by atoms with Gasteiger partial charge in [0.05, 0.1) is 0 Å². The molecule has 0 aliphatic heterocycles. The number of likely N-dealkylation sites (N-methyl/N-ethyl adjacent to an activating group) is 1. The van der Waals surface area contributed by atoms with Gasteiger partial charge in [0.2, 0.25) is 5.91 Å². The van der Waals surface area contributed by atoms with E-state index in [4.69, 9.17) is 5.73 Å². The van der Waals surface area contributed by atoms with Crippen LogP contribution in [-0.2, 0) is 4.79 Å². The predicted molar refractivity (Wildman–Crippen MR) is 76.5 cm³/mol. The van der Waals surface area contributed by atoms with E-state index < -0.39 is 6.04 Å². The van der Waals surface area contributed by atoms with Crippen molar-refractivity contribution in [2.24, 2.45) is 0 Å². The third-order valence-corrected chi connectivity index (χ3v) is 3.82. The number of thiazole rings is 1. The molecule has 106 valence electrons. The average molecular weight is 285 g/mol. The number of nitrogen functional groups attached to an aromatic ring is 1. The molecule has 0 aromatic carbocycles. The SMILES string of the molecule is CCN(C)c1nc(N)c(C(=O)NC(C)C(=O)NC)s1. The van der Waals surface area contributed by atoms with Crippen molar-refractivity contribution >= 4 is 34.1 Å². The van der Waals surface area contributed by atoms with Gasteiger partial charge in [0.1, 0.15) is 16.7 Å². The van der Waals surface area contributed by atoms with Gasteiger partial charge in [-0.1, -0.05) is 11.3 Å². The van der Waals surface area contributed by atoms with Crippen LogP contribution in [0.25, 0.3) is 0 Å². The first-order chi connectivity index (χ1) is 8.90. The van der Waals surface area contributed by atoms with E-state index in [-0.39, 0.29) is 17.6 Å². The molecule has 0 fully saturated rings. The van der Waals surface area contributed by atoms with E-state index in [0.717, 1.165) is 6.54 Å². The lowest BCUT2D eigenvalue weighted by molar-refractivity contribution is -0.122. The molecule has 8 heteroatoms. The molecule has 0 aliphatic rings. The molecule has 4 N–H and O–H groups in total. The second kappa shape index (κ2) is 6.37. The first-order valence-electron chi connectivity index (χ1n) is 5.90.